The van der Waals surface area contributed by atoms with Gasteiger partial charge in [-0.3, -0.25) is 0 Å². The average molecular weight is 373 g/mol. The molecule has 0 amide bonds. The van der Waals surface area contributed by atoms with E-state index in [1.807, 2.05) is 0 Å². The van der Waals surface area contributed by atoms with Crippen LogP contribution in [0.5, 0.6) is 11.8 Å². The number of likely N-dealkylation sites (tertiary alicyclic amines) is 1. The van der Waals surface area contributed by atoms with Gasteiger partial charge >= 0.3 is 6.01 Å². The maximum absolute atomic E-state index is 13.5. The minimum Gasteiger partial charge on any atom is -0.463 e. The van der Waals surface area contributed by atoms with Gasteiger partial charge in [0, 0.05) is 30.9 Å². The van der Waals surface area contributed by atoms with Gasteiger partial charge in [0.15, 0.2) is 5.75 Å². The SMILES string of the molecule is Fc1ccc2c(c1)CC(C1CCN(CCCOc3ncccn3)CC1)OO2. The third-order valence-corrected chi connectivity index (χ3v) is 5.26. The Bertz CT molecular complexity index is 739. The summed E-state index contributed by atoms with van der Waals surface area (Å²) in [6.45, 7) is 3.67. The minimum absolute atomic E-state index is 0.0000118. The van der Waals surface area contributed by atoms with E-state index in [4.69, 9.17) is 14.5 Å². The van der Waals surface area contributed by atoms with Gasteiger partial charge in [-0.15, -0.1) is 0 Å². The molecule has 2 aromatic rings. The Hall–Kier alpha value is -2.25. The molecule has 0 aliphatic carbocycles. The Balaban J connectivity index is 1.18. The Kier molecular flexibility index (Phi) is 5.79. The van der Waals surface area contributed by atoms with Crippen LogP contribution < -0.4 is 9.62 Å². The smallest absolute Gasteiger partial charge is 0.316 e. The molecule has 2 aliphatic rings. The lowest BCUT2D eigenvalue weighted by molar-refractivity contribution is -0.270. The molecule has 1 fully saturated rings. The molecule has 1 saturated heterocycles. The topological polar surface area (TPSA) is 56.7 Å². The number of rotatable bonds is 6. The highest BCUT2D eigenvalue weighted by molar-refractivity contribution is 5.35. The van der Waals surface area contributed by atoms with Crippen molar-refractivity contribution in [1.82, 2.24) is 14.9 Å². The van der Waals surface area contributed by atoms with E-state index in [0.717, 1.165) is 44.5 Å². The van der Waals surface area contributed by atoms with Crippen LogP contribution in [0.25, 0.3) is 0 Å². The van der Waals surface area contributed by atoms with Crippen molar-refractivity contribution in [2.45, 2.75) is 31.8 Å². The Morgan fingerprint density at radius 3 is 2.81 bits per heavy atom. The first-order valence-corrected chi connectivity index (χ1v) is 9.52. The molecular weight excluding hydrogens is 349 g/mol. The first kappa shape index (κ1) is 18.1. The molecule has 27 heavy (non-hydrogen) atoms. The number of hydrogen-bond acceptors (Lipinski definition) is 6. The van der Waals surface area contributed by atoms with Crippen LogP contribution >= 0.6 is 0 Å². The van der Waals surface area contributed by atoms with Gasteiger partial charge in [0.05, 0.1) is 6.61 Å². The van der Waals surface area contributed by atoms with Crippen LogP contribution in [0.3, 0.4) is 0 Å². The summed E-state index contributed by atoms with van der Waals surface area (Å²) in [5.74, 6) is 0.843. The second-order valence-electron chi connectivity index (χ2n) is 7.09. The van der Waals surface area contributed by atoms with Gasteiger partial charge in [0.2, 0.25) is 0 Å². The van der Waals surface area contributed by atoms with E-state index >= 15 is 0 Å². The number of fused-ring (bicyclic) bond motifs is 1. The Morgan fingerprint density at radius 2 is 2.00 bits per heavy atom. The third kappa shape index (κ3) is 4.73. The lowest BCUT2D eigenvalue weighted by Gasteiger charge is -2.36. The van der Waals surface area contributed by atoms with E-state index < -0.39 is 0 Å². The second-order valence-corrected chi connectivity index (χ2v) is 7.09. The summed E-state index contributed by atoms with van der Waals surface area (Å²) in [5, 5.41) is 0. The maximum Gasteiger partial charge on any atom is 0.316 e. The van der Waals surface area contributed by atoms with Crippen molar-refractivity contribution in [3.63, 3.8) is 0 Å². The van der Waals surface area contributed by atoms with Gasteiger partial charge < -0.3 is 14.5 Å². The van der Waals surface area contributed by atoms with Gasteiger partial charge in [0.25, 0.3) is 0 Å². The van der Waals surface area contributed by atoms with Gasteiger partial charge in [-0.25, -0.2) is 14.4 Å². The fraction of sp³-hybridized carbons (Fsp3) is 0.500. The molecule has 0 N–H and O–H groups in total. The van der Waals surface area contributed by atoms with Crippen molar-refractivity contribution in [2.24, 2.45) is 5.92 Å². The molecule has 0 bridgehead atoms. The highest BCUT2D eigenvalue weighted by Crippen LogP contribution is 2.33. The van der Waals surface area contributed by atoms with Crippen molar-refractivity contribution in [3.8, 4) is 11.8 Å². The third-order valence-electron chi connectivity index (χ3n) is 5.26. The summed E-state index contributed by atoms with van der Waals surface area (Å²) in [6.07, 6.45) is 7.12. The highest BCUT2D eigenvalue weighted by Gasteiger charge is 2.32. The van der Waals surface area contributed by atoms with Crippen molar-refractivity contribution >= 4 is 0 Å². The quantitative estimate of drug-likeness (QED) is 0.573. The number of nitrogens with zero attached hydrogens (tertiary/aromatic N) is 3. The van der Waals surface area contributed by atoms with Gasteiger partial charge in [-0.2, -0.15) is 4.89 Å². The van der Waals surface area contributed by atoms with Crippen LogP contribution in [0.4, 0.5) is 4.39 Å². The zero-order valence-electron chi connectivity index (χ0n) is 15.2. The Labute approximate surface area is 158 Å². The molecule has 0 spiro atoms. The first-order valence-electron chi connectivity index (χ1n) is 9.52. The average Bonchev–Trinajstić information content (AvgIpc) is 2.72. The number of halogens is 1. The summed E-state index contributed by atoms with van der Waals surface area (Å²) in [7, 11) is 0. The molecule has 144 valence electrons. The van der Waals surface area contributed by atoms with E-state index in [-0.39, 0.29) is 11.9 Å². The molecule has 0 radical (unpaired) electrons. The molecule has 7 heteroatoms. The van der Waals surface area contributed by atoms with Crippen LogP contribution in [0.2, 0.25) is 0 Å². The number of ether oxygens (including phenoxy) is 1. The predicted octanol–water partition coefficient (Wildman–Crippen LogP) is 3.03. The summed E-state index contributed by atoms with van der Waals surface area (Å²) >= 11 is 0. The minimum atomic E-state index is -0.226. The van der Waals surface area contributed by atoms with E-state index in [1.54, 1.807) is 30.6 Å². The molecule has 6 nitrogen and oxygen atoms in total. The van der Waals surface area contributed by atoms with Crippen molar-refractivity contribution < 1.29 is 18.9 Å². The van der Waals surface area contributed by atoms with E-state index in [1.165, 1.54) is 6.07 Å². The highest BCUT2D eigenvalue weighted by atomic mass is 19.1. The molecule has 1 aromatic carbocycles. The molecule has 1 atom stereocenters. The van der Waals surface area contributed by atoms with Crippen LogP contribution in [-0.2, 0) is 11.3 Å². The molecule has 3 heterocycles. The number of aromatic nitrogens is 2. The van der Waals surface area contributed by atoms with E-state index in [9.17, 15) is 4.39 Å². The molecule has 4 rings (SSSR count). The predicted molar refractivity (Wildman–Crippen MR) is 96.9 cm³/mol. The number of benzene rings is 1. The van der Waals surface area contributed by atoms with Gasteiger partial charge in [-0.05, 0) is 62.5 Å². The summed E-state index contributed by atoms with van der Waals surface area (Å²) in [4.78, 5) is 21.5. The summed E-state index contributed by atoms with van der Waals surface area (Å²) < 4.78 is 19.0. The lowest BCUT2D eigenvalue weighted by atomic mass is 9.87. The maximum atomic E-state index is 13.5. The number of piperidine rings is 1. The first-order chi connectivity index (χ1) is 13.3. The van der Waals surface area contributed by atoms with E-state index in [0.29, 0.717) is 30.7 Å². The van der Waals surface area contributed by atoms with Crippen LogP contribution in [0, 0.1) is 11.7 Å². The Morgan fingerprint density at radius 1 is 1.19 bits per heavy atom. The zero-order chi connectivity index (χ0) is 18.5. The van der Waals surface area contributed by atoms with Crippen molar-refractivity contribution in [3.05, 3.63) is 48.0 Å². The normalized spacial score (nSPS) is 20.7. The van der Waals surface area contributed by atoms with Crippen LogP contribution in [-0.4, -0.2) is 47.2 Å². The summed E-state index contributed by atoms with van der Waals surface area (Å²) in [6, 6.07) is 6.78. The van der Waals surface area contributed by atoms with Crippen LogP contribution in [0.15, 0.2) is 36.7 Å². The molecule has 2 aliphatic heterocycles. The fourth-order valence-electron chi connectivity index (χ4n) is 3.76. The molecule has 1 aromatic heterocycles. The molecule has 0 saturated carbocycles. The molecule has 1 unspecified atom stereocenters. The van der Waals surface area contributed by atoms with Crippen molar-refractivity contribution in [2.75, 3.05) is 26.2 Å². The van der Waals surface area contributed by atoms with Gasteiger partial charge in [0.1, 0.15) is 11.9 Å². The zero-order valence-corrected chi connectivity index (χ0v) is 15.2. The fourth-order valence-corrected chi connectivity index (χ4v) is 3.76. The second kappa shape index (κ2) is 8.63. The van der Waals surface area contributed by atoms with Crippen molar-refractivity contribution in [1.29, 1.82) is 0 Å². The number of hydrogen-bond donors (Lipinski definition) is 0. The molecular formula is C20H24FN3O3. The van der Waals surface area contributed by atoms with E-state index in [2.05, 4.69) is 14.9 Å². The van der Waals surface area contributed by atoms with Crippen LogP contribution in [0.1, 0.15) is 24.8 Å². The lowest BCUT2D eigenvalue weighted by Crippen LogP contribution is -2.41. The monoisotopic (exact) mass is 373 g/mol. The standard InChI is InChI=1S/C20H24FN3O3/c21-17-3-4-18-16(13-17)14-19(27-26-18)15-5-10-24(11-6-15)9-2-12-25-20-22-7-1-8-23-20/h1,3-4,7-8,13,15,19H,2,5-6,9-12,14H2. The van der Waals surface area contributed by atoms with Gasteiger partial charge in [-0.1, -0.05) is 0 Å². The summed E-state index contributed by atoms with van der Waals surface area (Å²) in [5.41, 5.74) is 0.897. The largest absolute Gasteiger partial charge is 0.463 e.